The lowest BCUT2D eigenvalue weighted by Gasteiger charge is -2.26. The molecule has 2 aromatic heterocycles. The Labute approximate surface area is 218 Å². The summed E-state index contributed by atoms with van der Waals surface area (Å²) in [6, 6.07) is 21.5. The molecule has 0 fully saturated rings. The topological polar surface area (TPSA) is 78.9 Å². The zero-order chi connectivity index (χ0) is 26.8. The molecule has 0 aliphatic carbocycles. The number of nitrogens with zero attached hydrogens (tertiary/aromatic N) is 1. The van der Waals surface area contributed by atoms with Crippen molar-refractivity contribution < 1.29 is 13.6 Å². The minimum absolute atomic E-state index is 0.0938. The fourth-order valence-electron chi connectivity index (χ4n) is 4.59. The Balaban J connectivity index is 1.81. The fourth-order valence-corrected chi connectivity index (χ4v) is 4.59. The molecule has 0 aliphatic heterocycles. The number of rotatable bonds is 7. The summed E-state index contributed by atoms with van der Waals surface area (Å²) in [5.41, 5.74) is 3.10. The van der Waals surface area contributed by atoms with Gasteiger partial charge >= 0.3 is 0 Å². The number of fused-ring (bicyclic) bond motifs is 1. The summed E-state index contributed by atoms with van der Waals surface area (Å²) in [6.45, 7) is 1.69. The minimum Gasteiger partial charge on any atom is -0.361 e. The van der Waals surface area contributed by atoms with Gasteiger partial charge < -0.3 is 15.6 Å². The Morgan fingerprint density at radius 2 is 1.58 bits per heavy atom. The molecule has 2 atom stereocenters. The van der Waals surface area contributed by atoms with E-state index in [2.05, 4.69) is 15.6 Å². The van der Waals surface area contributed by atoms with Crippen LogP contribution in [0.3, 0.4) is 0 Å². The quantitative estimate of drug-likeness (QED) is 0.271. The maximum Gasteiger partial charge on any atom is 0.275 e. The van der Waals surface area contributed by atoms with Gasteiger partial charge in [0.05, 0.1) is 17.8 Å². The van der Waals surface area contributed by atoms with Crippen molar-refractivity contribution in [2.45, 2.75) is 19.0 Å². The summed E-state index contributed by atoms with van der Waals surface area (Å²) < 4.78 is 29.3. The van der Waals surface area contributed by atoms with Gasteiger partial charge in [-0.1, -0.05) is 24.3 Å². The first-order valence-electron chi connectivity index (χ1n) is 12.2. The van der Waals surface area contributed by atoms with Crippen LogP contribution in [0.15, 0.2) is 95.9 Å². The summed E-state index contributed by atoms with van der Waals surface area (Å²) in [4.78, 5) is 30.1. The minimum atomic E-state index is -0.693. The van der Waals surface area contributed by atoms with Crippen molar-refractivity contribution in [2.24, 2.45) is 0 Å². The van der Waals surface area contributed by atoms with Crippen LogP contribution in [0.25, 0.3) is 22.2 Å². The fraction of sp³-hybridized carbons (Fsp3) is 0.133. The summed E-state index contributed by atoms with van der Waals surface area (Å²) in [6.07, 6.45) is 1.81. The van der Waals surface area contributed by atoms with Crippen LogP contribution in [0, 0.1) is 11.6 Å². The van der Waals surface area contributed by atoms with E-state index in [4.69, 9.17) is 0 Å². The van der Waals surface area contributed by atoms with E-state index in [1.54, 1.807) is 54.9 Å². The van der Waals surface area contributed by atoms with Gasteiger partial charge in [-0.3, -0.25) is 14.2 Å². The van der Waals surface area contributed by atoms with Crippen LogP contribution in [0.2, 0.25) is 0 Å². The molecule has 5 aromatic rings. The molecule has 192 valence electrons. The van der Waals surface area contributed by atoms with Crippen molar-refractivity contribution >= 4 is 22.5 Å². The second-order valence-electron chi connectivity index (χ2n) is 9.05. The number of benzene rings is 3. The van der Waals surface area contributed by atoms with E-state index < -0.39 is 29.3 Å². The van der Waals surface area contributed by atoms with Gasteiger partial charge in [0.25, 0.3) is 5.56 Å². The van der Waals surface area contributed by atoms with E-state index in [0.717, 1.165) is 16.5 Å². The molecule has 0 spiro atoms. The van der Waals surface area contributed by atoms with Gasteiger partial charge in [0.15, 0.2) is 0 Å². The number of halogens is 2. The molecule has 38 heavy (non-hydrogen) atoms. The maximum absolute atomic E-state index is 14.2. The summed E-state index contributed by atoms with van der Waals surface area (Å²) >= 11 is 0. The van der Waals surface area contributed by atoms with Gasteiger partial charge in [-0.05, 0) is 91.3 Å². The van der Waals surface area contributed by atoms with E-state index in [1.165, 1.54) is 24.3 Å². The van der Waals surface area contributed by atoms with Crippen molar-refractivity contribution in [3.63, 3.8) is 0 Å². The average Bonchev–Trinajstić information content (AvgIpc) is 3.41. The highest BCUT2D eigenvalue weighted by atomic mass is 19.1. The third kappa shape index (κ3) is 4.73. The van der Waals surface area contributed by atoms with Gasteiger partial charge in [0.1, 0.15) is 17.3 Å². The molecule has 8 heteroatoms. The van der Waals surface area contributed by atoms with Crippen LogP contribution in [0.5, 0.6) is 0 Å². The van der Waals surface area contributed by atoms with E-state index in [-0.39, 0.29) is 11.6 Å². The molecule has 5 rings (SSSR count). The van der Waals surface area contributed by atoms with Crippen LogP contribution < -0.4 is 16.2 Å². The average molecular weight is 513 g/mol. The number of hydrogen-bond acceptors (Lipinski definition) is 3. The third-order valence-corrected chi connectivity index (χ3v) is 6.71. The van der Waals surface area contributed by atoms with Crippen LogP contribution >= 0.6 is 0 Å². The van der Waals surface area contributed by atoms with E-state index in [9.17, 15) is 18.4 Å². The molecular formula is C30H26F2N4O2. The van der Waals surface area contributed by atoms with Crippen LogP contribution in [-0.4, -0.2) is 28.5 Å². The Hall–Kier alpha value is -4.56. The van der Waals surface area contributed by atoms with Crippen molar-refractivity contribution in [2.75, 3.05) is 12.4 Å². The normalized spacial score (nSPS) is 12.8. The molecule has 3 aromatic carbocycles. The second kappa shape index (κ2) is 10.4. The number of aromatic nitrogens is 2. The number of carbonyl (C=O) groups excluding carboxylic acids is 1. The smallest absolute Gasteiger partial charge is 0.275 e. The van der Waals surface area contributed by atoms with Gasteiger partial charge in [-0.25, -0.2) is 8.78 Å². The van der Waals surface area contributed by atoms with E-state index in [1.807, 2.05) is 30.5 Å². The molecule has 1 unspecified atom stereocenters. The Morgan fingerprint density at radius 1 is 0.895 bits per heavy atom. The molecule has 0 radical (unpaired) electrons. The van der Waals surface area contributed by atoms with Crippen molar-refractivity contribution in [1.82, 2.24) is 14.9 Å². The number of carbonyl (C=O) groups is 1. The molecule has 0 aliphatic rings. The van der Waals surface area contributed by atoms with Crippen molar-refractivity contribution in [3.05, 3.63) is 124 Å². The van der Waals surface area contributed by atoms with Crippen LogP contribution in [-0.2, 0) is 4.79 Å². The van der Waals surface area contributed by atoms with Gasteiger partial charge in [-0.2, -0.15) is 0 Å². The standard InChI is InChI=1S/C30H26F2N4O2/c1-18(33-2)29(37)35-26-14-15-27(19-6-10-21(31)11-7-19)36(30(26)38)28(20-8-12-22(32)13-9-20)24-4-3-5-25-23(24)16-17-34-25/h3-18,28,33-34H,1-2H3,(H,35,37)/t18?,28-/m0/s1. The number of amides is 1. The number of anilines is 1. The predicted molar refractivity (Wildman–Crippen MR) is 145 cm³/mol. The number of H-pyrrole nitrogens is 1. The van der Waals surface area contributed by atoms with Gasteiger partial charge in [0.2, 0.25) is 5.91 Å². The molecule has 3 N–H and O–H groups in total. The number of nitrogens with one attached hydrogen (secondary N) is 3. The summed E-state index contributed by atoms with van der Waals surface area (Å²) in [7, 11) is 1.66. The molecule has 1 amide bonds. The summed E-state index contributed by atoms with van der Waals surface area (Å²) in [5.74, 6) is -1.17. The highest BCUT2D eigenvalue weighted by Crippen LogP contribution is 2.35. The Kier molecular flexibility index (Phi) is 6.89. The highest BCUT2D eigenvalue weighted by molar-refractivity contribution is 5.94. The van der Waals surface area contributed by atoms with Crippen molar-refractivity contribution in [1.29, 1.82) is 0 Å². The number of pyridine rings is 1. The lowest BCUT2D eigenvalue weighted by molar-refractivity contribution is -0.117. The lowest BCUT2D eigenvalue weighted by Crippen LogP contribution is -2.38. The number of aromatic amines is 1. The predicted octanol–water partition coefficient (Wildman–Crippen LogP) is 5.46. The Bertz CT molecular complexity index is 1660. The van der Waals surface area contributed by atoms with Crippen LogP contribution in [0.4, 0.5) is 14.5 Å². The molecular weight excluding hydrogens is 486 g/mol. The van der Waals surface area contributed by atoms with Crippen LogP contribution in [0.1, 0.15) is 24.1 Å². The maximum atomic E-state index is 14.2. The Morgan fingerprint density at radius 3 is 2.26 bits per heavy atom. The molecule has 0 saturated heterocycles. The zero-order valence-corrected chi connectivity index (χ0v) is 20.8. The summed E-state index contributed by atoms with van der Waals surface area (Å²) in [5, 5.41) is 6.48. The highest BCUT2D eigenvalue weighted by Gasteiger charge is 2.25. The van der Waals surface area contributed by atoms with Crippen molar-refractivity contribution in [3.8, 4) is 11.3 Å². The molecule has 0 bridgehead atoms. The number of likely N-dealkylation sites (N-methyl/N-ethyl adjacent to an activating group) is 1. The number of hydrogen-bond donors (Lipinski definition) is 3. The molecule has 2 heterocycles. The van der Waals surface area contributed by atoms with E-state index in [0.29, 0.717) is 16.8 Å². The van der Waals surface area contributed by atoms with Gasteiger partial charge in [0, 0.05) is 17.1 Å². The third-order valence-electron chi connectivity index (χ3n) is 6.71. The first-order chi connectivity index (χ1) is 18.4. The molecule has 6 nitrogen and oxygen atoms in total. The lowest BCUT2D eigenvalue weighted by atomic mass is 9.94. The van der Waals surface area contributed by atoms with E-state index >= 15 is 0 Å². The molecule has 0 saturated carbocycles. The largest absolute Gasteiger partial charge is 0.361 e. The SMILES string of the molecule is CNC(C)C(=O)Nc1ccc(-c2ccc(F)cc2)n([C@@H](c2ccc(F)cc2)c2cccc3[nH]ccc23)c1=O. The first kappa shape index (κ1) is 25.1. The zero-order valence-electron chi connectivity index (χ0n) is 20.8. The second-order valence-corrected chi connectivity index (χ2v) is 9.05. The monoisotopic (exact) mass is 512 g/mol. The first-order valence-corrected chi connectivity index (χ1v) is 12.2. The van der Waals surface area contributed by atoms with Gasteiger partial charge in [-0.15, -0.1) is 0 Å².